The Kier molecular flexibility index (Phi) is 8.48. The highest BCUT2D eigenvalue weighted by atomic mass is 32.1. The molecule has 0 aromatic heterocycles. The van der Waals surface area contributed by atoms with E-state index in [9.17, 15) is 0 Å². The second kappa shape index (κ2) is 5.31. The molecule has 0 rings (SSSR count). The lowest BCUT2D eigenvalue weighted by molar-refractivity contribution is 0.715. The van der Waals surface area contributed by atoms with Crippen molar-refractivity contribution >= 4 is 13.5 Å². The minimum absolute atomic E-state index is 0. The van der Waals surface area contributed by atoms with Crippen LogP contribution in [0.25, 0.3) is 0 Å². The smallest absolute Gasteiger partial charge is 0.000781 e. The van der Waals surface area contributed by atoms with Crippen LogP contribution in [-0.2, 0) is 0 Å². The summed E-state index contributed by atoms with van der Waals surface area (Å²) in [6.07, 6.45) is 1.08. The van der Waals surface area contributed by atoms with Gasteiger partial charge in [-0.2, -0.15) is 13.5 Å². The average molecular weight is 107 g/mol. The molecular weight excluding hydrogens is 94.1 g/mol. The predicted molar refractivity (Wildman–Crippen MR) is 34.3 cm³/mol. The molecule has 0 aromatic carbocycles. The average Bonchev–Trinajstić information content (AvgIpc) is 1.38. The van der Waals surface area contributed by atoms with Gasteiger partial charge in [0, 0.05) is 6.04 Å². The van der Waals surface area contributed by atoms with Gasteiger partial charge in [-0.25, -0.2) is 0 Å². The minimum Gasteiger partial charge on any atom is -0.328 e. The lowest BCUT2D eigenvalue weighted by Gasteiger charge is -1.91. The van der Waals surface area contributed by atoms with Crippen LogP contribution < -0.4 is 5.73 Å². The first kappa shape index (κ1) is 9.58. The fourth-order valence-electron chi connectivity index (χ4n) is 0. The molecule has 1 nitrogen and oxygen atoms in total. The van der Waals surface area contributed by atoms with Crippen molar-refractivity contribution in [2.24, 2.45) is 5.73 Å². The van der Waals surface area contributed by atoms with E-state index in [2.05, 4.69) is 6.92 Å². The minimum atomic E-state index is 0. The van der Waals surface area contributed by atoms with Crippen LogP contribution >= 0.6 is 13.5 Å². The quantitative estimate of drug-likeness (QED) is 0.528. The van der Waals surface area contributed by atoms with Crippen LogP contribution in [0.2, 0.25) is 0 Å². The van der Waals surface area contributed by atoms with Gasteiger partial charge >= 0.3 is 0 Å². The van der Waals surface area contributed by atoms with Gasteiger partial charge in [0.15, 0.2) is 0 Å². The van der Waals surface area contributed by atoms with Crippen molar-refractivity contribution in [2.45, 2.75) is 26.3 Å². The van der Waals surface area contributed by atoms with E-state index >= 15 is 0 Å². The molecule has 0 radical (unpaired) electrons. The largest absolute Gasteiger partial charge is 0.328 e. The lowest BCUT2D eigenvalue weighted by atomic mass is 10.3. The molecule has 0 aliphatic heterocycles. The summed E-state index contributed by atoms with van der Waals surface area (Å²) in [5.74, 6) is 0. The highest BCUT2D eigenvalue weighted by Crippen LogP contribution is 1.77. The van der Waals surface area contributed by atoms with Crippen LogP contribution in [0.3, 0.4) is 0 Å². The topological polar surface area (TPSA) is 26.0 Å². The zero-order valence-electron chi connectivity index (χ0n) is 4.36. The van der Waals surface area contributed by atoms with Crippen molar-refractivity contribution in [1.29, 1.82) is 0 Å². The molecule has 0 aromatic rings. The molecule has 0 aliphatic rings. The van der Waals surface area contributed by atoms with E-state index < -0.39 is 0 Å². The molecule has 2 N–H and O–H groups in total. The molecule has 0 heterocycles. The monoisotopic (exact) mass is 107 g/mol. The van der Waals surface area contributed by atoms with Crippen LogP contribution in [0.15, 0.2) is 0 Å². The number of hydrogen-bond donors (Lipinski definition) is 1. The molecule has 0 bridgehead atoms. The van der Waals surface area contributed by atoms with Crippen molar-refractivity contribution in [3.63, 3.8) is 0 Å². The summed E-state index contributed by atoms with van der Waals surface area (Å²) in [4.78, 5) is 0. The Bertz CT molecular complexity index is 21.5. The van der Waals surface area contributed by atoms with Gasteiger partial charge in [-0.3, -0.25) is 0 Å². The summed E-state index contributed by atoms with van der Waals surface area (Å²) in [5, 5.41) is 0. The van der Waals surface area contributed by atoms with E-state index in [0.717, 1.165) is 6.42 Å². The molecule has 0 amide bonds. The molecule has 1 unspecified atom stereocenters. The van der Waals surface area contributed by atoms with Crippen molar-refractivity contribution in [3.05, 3.63) is 0 Å². The van der Waals surface area contributed by atoms with E-state index in [-0.39, 0.29) is 13.5 Å². The van der Waals surface area contributed by atoms with Gasteiger partial charge in [-0.05, 0) is 13.3 Å². The molecule has 0 spiro atoms. The molecule has 6 heavy (non-hydrogen) atoms. The fourth-order valence-corrected chi connectivity index (χ4v) is 0. The van der Waals surface area contributed by atoms with Crippen LogP contribution in [0.1, 0.15) is 20.3 Å². The van der Waals surface area contributed by atoms with E-state index in [1.807, 2.05) is 6.92 Å². The van der Waals surface area contributed by atoms with Gasteiger partial charge in [-0.1, -0.05) is 6.92 Å². The lowest BCUT2D eigenvalue weighted by Crippen LogP contribution is -2.11. The SMILES string of the molecule is CCC(C)N.S. The maximum atomic E-state index is 5.29. The summed E-state index contributed by atoms with van der Waals surface area (Å²) in [5.41, 5.74) is 5.29. The Hall–Kier alpha value is 0.310. The first-order valence-electron chi connectivity index (χ1n) is 2.03. The third-order valence-corrected chi connectivity index (χ3v) is 0.644. The van der Waals surface area contributed by atoms with Crippen molar-refractivity contribution < 1.29 is 0 Å². The highest BCUT2D eigenvalue weighted by Gasteiger charge is 1.79. The Morgan fingerprint density at radius 3 is 1.83 bits per heavy atom. The molecule has 0 saturated heterocycles. The van der Waals surface area contributed by atoms with Gasteiger partial charge < -0.3 is 5.73 Å². The van der Waals surface area contributed by atoms with Crippen molar-refractivity contribution in [3.8, 4) is 0 Å². The summed E-state index contributed by atoms with van der Waals surface area (Å²) in [7, 11) is 0. The number of rotatable bonds is 1. The molecule has 40 valence electrons. The zero-order valence-corrected chi connectivity index (χ0v) is 5.36. The van der Waals surface area contributed by atoms with Gasteiger partial charge in [0.25, 0.3) is 0 Å². The standard InChI is InChI=1S/C4H11N.H2S/c1-3-4(2)5;/h4H,3,5H2,1-2H3;1H2. The van der Waals surface area contributed by atoms with E-state index in [1.165, 1.54) is 0 Å². The van der Waals surface area contributed by atoms with Crippen LogP contribution in [0.4, 0.5) is 0 Å². The molecular formula is C4H13NS. The van der Waals surface area contributed by atoms with Crippen LogP contribution in [0, 0.1) is 0 Å². The number of hydrogen-bond acceptors (Lipinski definition) is 1. The predicted octanol–water partition coefficient (Wildman–Crippen LogP) is 0.856. The third kappa shape index (κ3) is 8.85. The van der Waals surface area contributed by atoms with Crippen LogP contribution in [-0.4, -0.2) is 6.04 Å². The Balaban J connectivity index is 0. The fraction of sp³-hybridized carbons (Fsp3) is 1.00. The van der Waals surface area contributed by atoms with Gasteiger partial charge in [0.2, 0.25) is 0 Å². The second-order valence-corrected chi connectivity index (χ2v) is 1.39. The molecule has 0 fully saturated rings. The number of nitrogens with two attached hydrogens (primary N) is 1. The van der Waals surface area contributed by atoms with Gasteiger partial charge in [0.1, 0.15) is 0 Å². The normalized spacial score (nSPS) is 12.5. The Morgan fingerprint density at radius 2 is 1.83 bits per heavy atom. The Labute approximate surface area is 46.4 Å². The van der Waals surface area contributed by atoms with Crippen molar-refractivity contribution in [2.75, 3.05) is 0 Å². The summed E-state index contributed by atoms with van der Waals surface area (Å²) >= 11 is 0. The van der Waals surface area contributed by atoms with Crippen molar-refractivity contribution in [1.82, 2.24) is 0 Å². The molecule has 0 aliphatic carbocycles. The third-order valence-electron chi connectivity index (χ3n) is 0.644. The zero-order chi connectivity index (χ0) is 4.28. The first-order valence-corrected chi connectivity index (χ1v) is 2.03. The maximum absolute atomic E-state index is 5.29. The van der Waals surface area contributed by atoms with E-state index in [0.29, 0.717) is 6.04 Å². The van der Waals surface area contributed by atoms with Gasteiger partial charge in [-0.15, -0.1) is 0 Å². The Morgan fingerprint density at radius 1 is 1.67 bits per heavy atom. The molecule has 1 atom stereocenters. The first-order chi connectivity index (χ1) is 2.27. The molecule has 2 heteroatoms. The maximum Gasteiger partial charge on any atom is 0.000781 e. The molecule has 0 saturated carbocycles. The summed E-state index contributed by atoms with van der Waals surface area (Å²) in [6, 6.07) is 0.384. The van der Waals surface area contributed by atoms with E-state index in [4.69, 9.17) is 5.73 Å². The van der Waals surface area contributed by atoms with Gasteiger partial charge in [0.05, 0.1) is 0 Å². The highest BCUT2D eigenvalue weighted by molar-refractivity contribution is 7.59. The summed E-state index contributed by atoms with van der Waals surface area (Å²) in [6.45, 7) is 4.07. The second-order valence-electron chi connectivity index (χ2n) is 1.39. The van der Waals surface area contributed by atoms with E-state index in [1.54, 1.807) is 0 Å². The summed E-state index contributed by atoms with van der Waals surface area (Å²) < 4.78 is 0. The van der Waals surface area contributed by atoms with Crippen LogP contribution in [0.5, 0.6) is 0 Å².